The Morgan fingerprint density at radius 1 is 1.20 bits per heavy atom. The number of thiophene rings is 1. The second kappa shape index (κ2) is 6.44. The molecule has 0 saturated heterocycles. The number of para-hydroxylation sites is 1. The van der Waals surface area contributed by atoms with Crippen LogP contribution in [0.2, 0.25) is 0 Å². The summed E-state index contributed by atoms with van der Waals surface area (Å²) < 4.78 is 1.48. The number of hydrogen-bond acceptors (Lipinski definition) is 4. The summed E-state index contributed by atoms with van der Waals surface area (Å²) in [6.45, 7) is 9.33. The minimum atomic E-state index is -0.649. The number of benzene rings is 1. The van der Waals surface area contributed by atoms with Gasteiger partial charge in [0.25, 0.3) is 5.56 Å². The molecule has 1 N–H and O–H groups in total. The quantitative estimate of drug-likeness (QED) is 0.775. The van der Waals surface area contributed by atoms with Crippen LogP contribution in [0.4, 0.5) is 5.69 Å². The zero-order chi connectivity index (χ0) is 18.3. The van der Waals surface area contributed by atoms with E-state index in [1.807, 2.05) is 45.0 Å². The summed E-state index contributed by atoms with van der Waals surface area (Å²) in [5.74, 6) is 0.316. The SMILES string of the molecule is Cc1ccccc1NC(=O)C(C)n1c(C)nc2sc(C)c(C)c2c1=O. The Labute approximate surface area is 150 Å². The number of carbonyl (C=O) groups is 1. The number of hydrogen-bond donors (Lipinski definition) is 1. The molecule has 130 valence electrons. The minimum Gasteiger partial charge on any atom is -0.324 e. The molecule has 6 heteroatoms. The predicted octanol–water partition coefficient (Wildman–Crippen LogP) is 3.89. The van der Waals surface area contributed by atoms with Crippen molar-refractivity contribution in [2.24, 2.45) is 0 Å². The molecule has 0 aliphatic carbocycles. The lowest BCUT2D eigenvalue weighted by atomic mass is 10.2. The van der Waals surface area contributed by atoms with Crippen molar-refractivity contribution in [3.63, 3.8) is 0 Å². The minimum absolute atomic E-state index is 0.156. The summed E-state index contributed by atoms with van der Waals surface area (Å²) in [7, 11) is 0. The number of fused-ring (bicyclic) bond motifs is 1. The van der Waals surface area contributed by atoms with Crippen LogP contribution < -0.4 is 10.9 Å². The lowest BCUT2D eigenvalue weighted by Gasteiger charge is -2.18. The van der Waals surface area contributed by atoms with Gasteiger partial charge in [0.15, 0.2) is 0 Å². The van der Waals surface area contributed by atoms with Crippen LogP contribution in [-0.2, 0) is 4.79 Å². The van der Waals surface area contributed by atoms with Crippen LogP contribution in [0, 0.1) is 27.7 Å². The van der Waals surface area contributed by atoms with E-state index < -0.39 is 6.04 Å². The summed E-state index contributed by atoms with van der Waals surface area (Å²) >= 11 is 1.52. The first-order chi connectivity index (χ1) is 11.8. The molecule has 1 atom stereocenters. The molecule has 1 unspecified atom stereocenters. The Hall–Kier alpha value is -2.47. The molecule has 0 bridgehead atoms. The standard InChI is InChI=1S/C19H21N3O2S/c1-10-8-6-7-9-15(10)21-17(23)12(3)22-14(5)20-18-16(19(22)24)11(2)13(4)25-18/h6-9,12H,1-5H3,(H,21,23). The van der Waals surface area contributed by atoms with Crippen molar-refractivity contribution >= 4 is 33.1 Å². The molecule has 25 heavy (non-hydrogen) atoms. The van der Waals surface area contributed by atoms with E-state index in [1.54, 1.807) is 13.8 Å². The maximum absolute atomic E-state index is 13.0. The monoisotopic (exact) mass is 355 g/mol. The van der Waals surface area contributed by atoms with E-state index in [1.165, 1.54) is 15.9 Å². The topological polar surface area (TPSA) is 64.0 Å². The number of nitrogens with one attached hydrogen (secondary N) is 1. The van der Waals surface area contributed by atoms with E-state index in [-0.39, 0.29) is 11.5 Å². The number of aryl methyl sites for hydroxylation is 4. The highest BCUT2D eigenvalue weighted by Crippen LogP contribution is 2.27. The molecule has 0 aliphatic heterocycles. The van der Waals surface area contributed by atoms with Crippen molar-refractivity contribution < 1.29 is 4.79 Å². The fraction of sp³-hybridized carbons (Fsp3) is 0.316. The highest BCUT2D eigenvalue weighted by atomic mass is 32.1. The third kappa shape index (κ3) is 2.98. The molecule has 0 saturated carbocycles. The van der Waals surface area contributed by atoms with Crippen molar-refractivity contribution in [1.82, 2.24) is 9.55 Å². The summed E-state index contributed by atoms with van der Waals surface area (Å²) in [6, 6.07) is 6.92. The molecule has 2 heterocycles. The van der Waals surface area contributed by atoms with Gasteiger partial charge in [-0.25, -0.2) is 4.98 Å². The average Bonchev–Trinajstić information content (AvgIpc) is 2.83. The van der Waals surface area contributed by atoms with E-state index in [0.29, 0.717) is 11.2 Å². The van der Waals surface area contributed by atoms with E-state index in [9.17, 15) is 9.59 Å². The molecule has 2 aromatic heterocycles. The summed E-state index contributed by atoms with van der Waals surface area (Å²) in [6.07, 6.45) is 0. The van der Waals surface area contributed by atoms with Gasteiger partial charge in [0, 0.05) is 10.6 Å². The highest BCUT2D eigenvalue weighted by Gasteiger charge is 2.22. The molecule has 1 aromatic carbocycles. The second-order valence-corrected chi connectivity index (χ2v) is 7.48. The Balaban J connectivity index is 2.03. The van der Waals surface area contributed by atoms with E-state index in [2.05, 4.69) is 10.3 Å². The van der Waals surface area contributed by atoms with Crippen LogP contribution in [-0.4, -0.2) is 15.5 Å². The summed E-state index contributed by atoms with van der Waals surface area (Å²) in [4.78, 5) is 32.1. The number of rotatable bonds is 3. The van der Waals surface area contributed by atoms with Gasteiger partial charge in [-0.2, -0.15) is 0 Å². The number of carbonyl (C=O) groups excluding carboxylic acids is 1. The van der Waals surface area contributed by atoms with E-state index in [4.69, 9.17) is 0 Å². The normalized spacial score (nSPS) is 12.4. The maximum Gasteiger partial charge on any atom is 0.263 e. The first-order valence-corrected chi connectivity index (χ1v) is 8.98. The Kier molecular flexibility index (Phi) is 4.47. The maximum atomic E-state index is 13.0. The molecule has 0 aliphatic rings. The molecule has 3 aromatic rings. The van der Waals surface area contributed by atoms with Crippen LogP contribution in [0.25, 0.3) is 10.2 Å². The highest BCUT2D eigenvalue weighted by molar-refractivity contribution is 7.18. The van der Waals surface area contributed by atoms with Crippen molar-refractivity contribution in [3.8, 4) is 0 Å². The third-order valence-corrected chi connectivity index (χ3v) is 5.68. The molecule has 3 rings (SSSR count). The fourth-order valence-electron chi connectivity index (χ4n) is 2.93. The summed E-state index contributed by atoms with van der Waals surface area (Å²) in [5.41, 5.74) is 2.51. The first kappa shape index (κ1) is 17.4. The van der Waals surface area contributed by atoms with Crippen molar-refractivity contribution in [2.45, 2.75) is 40.7 Å². The molecular formula is C19H21N3O2S. The lowest BCUT2D eigenvalue weighted by molar-refractivity contribution is -0.118. The Bertz CT molecular complexity index is 1030. The van der Waals surface area contributed by atoms with Gasteiger partial charge in [-0.3, -0.25) is 14.2 Å². The summed E-state index contributed by atoms with van der Waals surface area (Å²) in [5, 5.41) is 3.52. The van der Waals surface area contributed by atoms with Gasteiger partial charge in [0.2, 0.25) is 5.91 Å². The zero-order valence-corrected chi connectivity index (χ0v) is 15.8. The second-order valence-electron chi connectivity index (χ2n) is 6.28. The van der Waals surface area contributed by atoms with Crippen molar-refractivity contribution in [1.29, 1.82) is 0 Å². The zero-order valence-electron chi connectivity index (χ0n) is 15.0. The largest absolute Gasteiger partial charge is 0.324 e. The van der Waals surface area contributed by atoms with Gasteiger partial charge < -0.3 is 5.32 Å². The molecule has 0 spiro atoms. The molecular weight excluding hydrogens is 334 g/mol. The van der Waals surface area contributed by atoms with Crippen molar-refractivity contribution in [2.75, 3.05) is 5.32 Å². The predicted molar refractivity (Wildman–Crippen MR) is 103 cm³/mol. The van der Waals surface area contributed by atoms with Crippen LogP contribution in [0.5, 0.6) is 0 Å². The number of aromatic nitrogens is 2. The van der Waals surface area contributed by atoms with Gasteiger partial charge in [-0.05, 0) is 51.8 Å². The number of amides is 1. The average molecular weight is 355 g/mol. The Morgan fingerprint density at radius 2 is 1.88 bits per heavy atom. The molecule has 0 fully saturated rings. The van der Waals surface area contributed by atoms with Gasteiger partial charge in [-0.15, -0.1) is 11.3 Å². The first-order valence-electron chi connectivity index (χ1n) is 8.16. The van der Waals surface area contributed by atoms with Crippen LogP contribution in [0.3, 0.4) is 0 Å². The van der Waals surface area contributed by atoms with Gasteiger partial charge in [0.05, 0.1) is 5.39 Å². The molecule has 1 amide bonds. The van der Waals surface area contributed by atoms with Gasteiger partial charge in [0.1, 0.15) is 16.7 Å². The number of anilines is 1. The van der Waals surface area contributed by atoms with E-state index >= 15 is 0 Å². The van der Waals surface area contributed by atoms with Gasteiger partial charge in [-0.1, -0.05) is 18.2 Å². The smallest absolute Gasteiger partial charge is 0.263 e. The lowest BCUT2D eigenvalue weighted by Crippen LogP contribution is -2.33. The van der Waals surface area contributed by atoms with Gasteiger partial charge >= 0.3 is 0 Å². The van der Waals surface area contributed by atoms with Crippen LogP contribution in [0.1, 0.15) is 34.8 Å². The van der Waals surface area contributed by atoms with Crippen molar-refractivity contribution in [3.05, 3.63) is 56.4 Å². The van der Waals surface area contributed by atoms with Crippen LogP contribution in [0.15, 0.2) is 29.1 Å². The van der Waals surface area contributed by atoms with Crippen LogP contribution >= 0.6 is 11.3 Å². The van der Waals surface area contributed by atoms with E-state index in [0.717, 1.165) is 26.5 Å². The molecule has 5 nitrogen and oxygen atoms in total. The fourth-order valence-corrected chi connectivity index (χ4v) is 4.00. The third-order valence-electron chi connectivity index (χ3n) is 4.58. The number of nitrogens with zero attached hydrogens (tertiary/aromatic N) is 2. The molecule has 0 radical (unpaired) electrons. The Morgan fingerprint density at radius 3 is 2.56 bits per heavy atom.